The number of hydrogen-bond acceptors (Lipinski definition) is 3. The molecule has 9 aromatic carbocycles. The monoisotopic (exact) mass is 661 g/mol. The smallest absolute Gasteiger partial charge is 0.164 e. The number of benzene rings is 9. The fraction of sp³-hybridized carbons (Fsp3) is 0. The Morgan fingerprint density at radius 2 is 0.692 bits per heavy atom. The van der Waals surface area contributed by atoms with Gasteiger partial charge in [-0.15, -0.1) is 0 Å². The van der Waals surface area contributed by atoms with Gasteiger partial charge in [-0.3, -0.25) is 0 Å². The fourth-order valence-electron chi connectivity index (χ4n) is 7.63. The first-order valence-electron chi connectivity index (χ1n) is 17.6. The number of hydrogen-bond donors (Lipinski definition) is 0. The summed E-state index contributed by atoms with van der Waals surface area (Å²) in [5, 5.41) is 9.62. The first-order chi connectivity index (χ1) is 25.8. The summed E-state index contributed by atoms with van der Waals surface area (Å²) in [6.45, 7) is 0. The molecule has 0 aliphatic carbocycles. The predicted molar refractivity (Wildman–Crippen MR) is 217 cm³/mol. The molecule has 0 amide bonds. The number of rotatable bonds is 5. The lowest BCUT2D eigenvalue weighted by Gasteiger charge is -2.13. The van der Waals surface area contributed by atoms with E-state index in [1.54, 1.807) is 0 Å². The molecule has 242 valence electrons. The van der Waals surface area contributed by atoms with E-state index in [1.165, 1.54) is 49.0 Å². The molecule has 1 heterocycles. The van der Waals surface area contributed by atoms with E-state index in [0.717, 1.165) is 33.0 Å². The zero-order valence-electron chi connectivity index (χ0n) is 28.2. The van der Waals surface area contributed by atoms with Crippen LogP contribution in [0.4, 0.5) is 0 Å². The Balaban J connectivity index is 1.12. The van der Waals surface area contributed by atoms with Crippen molar-refractivity contribution in [2.24, 2.45) is 0 Å². The average Bonchev–Trinajstić information content (AvgIpc) is 3.23. The largest absolute Gasteiger partial charge is 0.208 e. The maximum atomic E-state index is 5.19. The number of aromatic nitrogens is 3. The molecule has 0 bridgehead atoms. The zero-order chi connectivity index (χ0) is 34.4. The van der Waals surface area contributed by atoms with Crippen molar-refractivity contribution >= 4 is 43.1 Å². The Morgan fingerprint density at radius 3 is 1.40 bits per heavy atom. The second kappa shape index (κ2) is 12.4. The van der Waals surface area contributed by atoms with Gasteiger partial charge in [-0.1, -0.05) is 188 Å². The SMILES string of the molecule is c1ccc(-c2nc(-c3ccc(-c4cccc5c(-c6ccccc6)cccc45)cc3)nc(-c3cccc4ccc5c6ccccc6ccc5c34)n2)cc1. The summed E-state index contributed by atoms with van der Waals surface area (Å²) in [5.74, 6) is 1.94. The standard InChI is InChI=1S/C49H31N3/c1-3-12-32(13-4-1)39-19-10-22-42-40(20-11-21-41(39)42)34-24-26-37(27-25-34)48-50-47(36-15-5-2-6-16-36)51-49(52-48)45-23-9-17-35-29-30-43-38-18-8-7-14-33(38)28-31-44(43)46(35)45/h1-31H. The molecule has 0 atom stereocenters. The van der Waals surface area contributed by atoms with Crippen molar-refractivity contribution < 1.29 is 0 Å². The molecule has 0 radical (unpaired) electrons. The first kappa shape index (κ1) is 29.9. The molecule has 0 fully saturated rings. The predicted octanol–water partition coefficient (Wildman–Crippen LogP) is 12.8. The summed E-state index contributed by atoms with van der Waals surface area (Å²) < 4.78 is 0. The molecule has 0 aliphatic rings. The summed E-state index contributed by atoms with van der Waals surface area (Å²) in [5.41, 5.74) is 7.66. The lowest BCUT2D eigenvalue weighted by molar-refractivity contribution is 1.08. The lowest BCUT2D eigenvalue weighted by Crippen LogP contribution is -2.00. The van der Waals surface area contributed by atoms with Gasteiger partial charge in [0.15, 0.2) is 17.5 Å². The molecule has 10 aromatic rings. The van der Waals surface area contributed by atoms with Crippen molar-refractivity contribution in [2.75, 3.05) is 0 Å². The minimum atomic E-state index is 0.641. The lowest BCUT2D eigenvalue weighted by atomic mass is 9.92. The van der Waals surface area contributed by atoms with Gasteiger partial charge in [-0.05, 0) is 60.0 Å². The van der Waals surface area contributed by atoms with E-state index in [1.807, 2.05) is 18.2 Å². The van der Waals surface area contributed by atoms with Gasteiger partial charge < -0.3 is 0 Å². The maximum Gasteiger partial charge on any atom is 0.164 e. The van der Waals surface area contributed by atoms with E-state index in [-0.39, 0.29) is 0 Å². The molecule has 10 rings (SSSR count). The molecular weight excluding hydrogens is 631 g/mol. The first-order valence-corrected chi connectivity index (χ1v) is 17.6. The van der Waals surface area contributed by atoms with Crippen molar-refractivity contribution in [2.45, 2.75) is 0 Å². The van der Waals surface area contributed by atoms with Gasteiger partial charge in [-0.25, -0.2) is 15.0 Å². The van der Waals surface area contributed by atoms with Gasteiger partial charge in [0.25, 0.3) is 0 Å². The van der Waals surface area contributed by atoms with E-state index in [4.69, 9.17) is 15.0 Å². The molecule has 52 heavy (non-hydrogen) atoms. The van der Waals surface area contributed by atoms with Crippen LogP contribution in [0.2, 0.25) is 0 Å². The molecule has 1 aromatic heterocycles. The van der Waals surface area contributed by atoms with Crippen LogP contribution < -0.4 is 0 Å². The molecular formula is C49H31N3. The molecule has 3 nitrogen and oxygen atoms in total. The summed E-state index contributed by atoms with van der Waals surface area (Å²) >= 11 is 0. The van der Waals surface area contributed by atoms with Crippen molar-refractivity contribution in [1.82, 2.24) is 15.0 Å². The summed E-state index contributed by atoms with van der Waals surface area (Å²) in [6.07, 6.45) is 0. The molecule has 0 aliphatic heterocycles. The quantitative estimate of drug-likeness (QED) is 0.172. The fourth-order valence-corrected chi connectivity index (χ4v) is 7.63. The van der Waals surface area contributed by atoms with Crippen molar-refractivity contribution in [3.8, 4) is 56.4 Å². The van der Waals surface area contributed by atoms with Crippen LogP contribution in [0.3, 0.4) is 0 Å². The van der Waals surface area contributed by atoms with Crippen LogP contribution in [-0.4, -0.2) is 15.0 Å². The minimum Gasteiger partial charge on any atom is -0.208 e. The molecule has 0 saturated heterocycles. The van der Waals surface area contributed by atoms with Gasteiger partial charge in [0, 0.05) is 22.1 Å². The Hall–Kier alpha value is -6.97. The van der Waals surface area contributed by atoms with Crippen LogP contribution in [0.25, 0.3) is 99.5 Å². The van der Waals surface area contributed by atoms with Gasteiger partial charge in [0.1, 0.15) is 0 Å². The van der Waals surface area contributed by atoms with E-state index < -0.39 is 0 Å². The van der Waals surface area contributed by atoms with Crippen LogP contribution in [-0.2, 0) is 0 Å². The average molecular weight is 662 g/mol. The second-order valence-electron chi connectivity index (χ2n) is 13.2. The van der Waals surface area contributed by atoms with Crippen molar-refractivity contribution in [3.05, 3.63) is 188 Å². The minimum absolute atomic E-state index is 0.641. The van der Waals surface area contributed by atoms with Gasteiger partial charge in [-0.2, -0.15) is 0 Å². The van der Waals surface area contributed by atoms with E-state index in [2.05, 4.69) is 170 Å². The number of fused-ring (bicyclic) bond motifs is 6. The highest BCUT2D eigenvalue weighted by Gasteiger charge is 2.17. The molecule has 0 spiro atoms. The second-order valence-corrected chi connectivity index (χ2v) is 13.2. The van der Waals surface area contributed by atoms with Crippen molar-refractivity contribution in [1.29, 1.82) is 0 Å². The normalized spacial score (nSPS) is 11.5. The van der Waals surface area contributed by atoms with E-state index in [0.29, 0.717) is 17.5 Å². The Kier molecular flexibility index (Phi) is 7.14. The maximum absolute atomic E-state index is 5.19. The highest BCUT2D eigenvalue weighted by Crippen LogP contribution is 2.38. The summed E-state index contributed by atoms with van der Waals surface area (Å²) in [7, 11) is 0. The van der Waals surface area contributed by atoms with Crippen LogP contribution >= 0.6 is 0 Å². The third kappa shape index (κ3) is 5.10. The van der Waals surface area contributed by atoms with E-state index in [9.17, 15) is 0 Å². The van der Waals surface area contributed by atoms with Crippen LogP contribution in [0.5, 0.6) is 0 Å². The van der Waals surface area contributed by atoms with Gasteiger partial charge in [0.05, 0.1) is 0 Å². The Labute approximate surface area is 301 Å². The highest BCUT2D eigenvalue weighted by atomic mass is 15.0. The molecule has 0 saturated carbocycles. The van der Waals surface area contributed by atoms with Gasteiger partial charge >= 0.3 is 0 Å². The zero-order valence-corrected chi connectivity index (χ0v) is 28.2. The molecule has 0 N–H and O–H groups in total. The highest BCUT2D eigenvalue weighted by molar-refractivity contribution is 6.20. The Morgan fingerprint density at radius 1 is 0.231 bits per heavy atom. The van der Waals surface area contributed by atoms with Crippen LogP contribution in [0.1, 0.15) is 0 Å². The summed E-state index contributed by atoms with van der Waals surface area (Å²) in [6, 6.07) is 66.4. The van der Waals surface area contributed by atoms with Gasteiger partial charge in [0.2, 0.25) is 0 Å². The van der Waals surface area contributed by atoms with Crippen molar-refractivity contribution in [3.63, 3.8) is 0 Å². The molecule has 0 unspecified atom stereocenters. The van der Waals surface area contributed by atoms with Crippen LogP contribution in [0, 0.1) is 0 Å². The topological polar surface area (TPSA) is 38.7 Å². The molecule has 3 heteroatoms. The third-order valence-electron chi connectivity index (χ3n) is 10.1. The number of nitrogens with zero attached hydrogens (tertiary/aromatic N) is 3. The third-order valence-corrected chi connectivity index (χ3v) is 10.1. The van der Waals surface area contributed by atoms with E-state index >= 15 is 0 Å². The summed E-state index contributed by atoms with van der Waals surface area (Å²) in [4.78, 5) is 15.4. The Bertz CT molecular complexity index is 2930. The van der Waals surface area contributed by atoms with Crippen LogP contribution in [0.15, 0.2) is 188 Å².